The van der Waals surface area contributed by atoms with Gasteiger partial charge in [0.25, 0.3) is 0 Å². The molecule has 0 saturated heterocycles. The lowest BCUT2D eigenvalue weighted by Crippen LogP contribution is -1.87. The Morgan fingerprint density at radius 2 is 1.82 bits per heavy atom. The van der Waals surface area contributed by atoms with E-state index >= 15 is 0 Å². The fourth-order valence-electron chi connectivity index (χ4n) is 1.56. The SMILES string of the molecule is COc1cc(F)cc(-c2ccc(Cl)cc2Cl)c1. The second-order valence-electron chi connectivity index (χ2n) is 3.50. The zero-order chi connectivity index (χ0) is 12.4. The van der Waals surface area contributed by atoms with Crippen molar-refractivity contribution in [2.24, 2.45) is 0 Å². The molecule has 1 nitrogen and oxygen atoms in total. The van der Waals surface area contributed by atoms with Crippen LogP contribution in [0.25, 0.3) is 11.1 Å². The number of methoxy groups -OCH3 is 1. The smallest absolute Gasteiger partial charge is 0.127 e. The minimum absolute atomic E-state index is 0.370. The van der Waals surface area contributed by atoms with Crippen LogP contribution in [-0.2, 0) is 0 Å². The van der Waals surface area contributed by atoms with Crippen LogP contribution < -0.4 is 4.74 Å². The third kappa shape index (κ3) is 2.71. The third-order valence-corrected chi connectivity index (χ3v) is 2.90. The highest BCUT2D eigenvalue weighted by Crippen LogP contribution is 2.32. The van der Waals surface area contributed by atoms with Gasteiger partial charge in [0.15, 0.2) is 0 Å². The van der Waals surface area contributed by atoms with Crippen molar-refractivity contribution in [3.63, 3.8) is 0 Å². The topological polar surface area (TPSA) is 9.23 Å². The van der Waals surface area contributed by atoms with Crippen molar-refractivity contribution >= 4 is 23.2 Å². The van der Waals surface area contributed by atoms with Crippen LogP contribution in [0.1, 0.15) is 0 Å². The molecular formula is C13H9Cl2FO. The lowest BCUT2D eigenvalue weighted by Gasteiger charge is -2.07. The van der Waals surface area contributed by atoms with Gasteiger partial charge in [0.1, 0.15) is 11.6 Å². The average molecular weight is 271 g/mol. The lowest BCUT2D eigenvalue weighted by molar-refractivity contribution is 0.411. The van der Waals surface area contributed by atoms with Crippen molar-refractivity contribution in [3.05, 3.63) is 52.3 Å². The van der Waals surface area contributed by atoms with Gasteiger partial charge in [-0.05, 0) is 29.8 Å². The number of hydrogen-bond acceptors (Lipinski definition) is 1. The molecule has 0 fully saturated rings. The van der Waals surface area contributed by atoms with Crippen molar-refractivity contribution in [3.8, 4) is 16.9 Å². The van der Waals surface area contributed by atoms with Crippen LogP contribution in [0.5, 0.6) is 5.75 Å². The first-order valence-corrected chi connectivity index (χ1v) is 5.66. The summed E-state index contributed by atoms with van der Waals surface area (Å²) in [4.78, 5) is 0. The van der Waals surface area contributed by atoms with E-state index in [0.29, 0.717) is 26.9 Å². The quantitative estimate of drug-likeness (QED) is 0.761. The van der Waals surface area contributed by atoms with Gasteiger partial charge in [-0.25, -0.2) is 4.39 Å². The molecule has 0 saturated carbocycles. The Balaban J connectivity index is 2.55. The van der Waals surface area contributed by atoms with Crippen LogP contribution in [0.4, 0.5) is 4.39 Å². The Bertz CT molecular complexity index is 555. The first-order valence-electron chi connectivity index (χ1n) is 4.90. The summed E-state index contributed by atoms with van der Waals surface area (Å²) in [6.07, 6.45) is 0. The van der Waals surface area contributed by atoms with Gasteiger partial charge < -0.3 is 4.74 Å². The van der Waals surface area contributed by atoms with Gasteiger partial charge >= 0.3 is 0 Å². The molecule has 0 atom stereocenters. The highest BCUT2D eigenvalue weighted by molar-refractivity contribution is 6.36. The van der Waals surface area contributed by atoms with Gasteiger partial charge in [0.05, 0.1) is 7.11 Å². The van der Waals surface area contributed by atoms with Gasteiger partial charge in [0.2, 0.25) is 0 Å². The van der Waals surface area contributed by atoms with E-state index in [1.165, 1.54) is 19.2 Å². The molecule has 0 radical (unpaired) electrons. The van der Waals surface area contributed by atoms with E-state index in [1.807, 2.05) is 0 Å². The third-order valence-electron chi connectivity index (χ3n) is 2.35. The predicted molar refractivity (Wildman–Crippen MR) is 68.4 cm³/mol. The predicted octanol–water partition coefficient (Wildman–Crippen LogP) is 4.81. The molecule has 0 aliphatic carbocycles. The second kappa shape index (κ2) is 4.94. The van der Waals surface area contributed by atoms with E-state index in [0.717, 1.165) is 0 Å². The van der Waals surface area contributed by atoms with Crippen molar-refractivity contribution in [2.45, 2.75) is 0 Å². The van der Waals surface area contributed by atoms with E-state index in [1.54, 1.807) is 24.3 Å². The molecule has 0 unspecified atom stereocenters. The summed E-state index contributed by atoms with van der Waals surface area (Å²) in [6.45, 7) is 0. The Hall–Kier alpha value is -1.25. The van der Waals surface area contributed by atoms with E-state index in [9.17, 15) is 4.39 Å². The Kier molecular flexibility index (Phi) is 3.55. The van der Waals surface area contributed by atoms with Crippen LogP contribution in [0.3, 0.4) is 0 Å². The van der Waals surface area contributed by atoms with Crippen LogP contribution in [0, 0.1) is 5.82 Å². The van der Waals surface area contributed by atoms with Crippen LogP contribution in [0.15, 0.2) is 36.4 Å². The molecular weight excluding hydrogens is 262 g/mol. The fourth-order valence-corrected chi connectivity index (χ4v) is 2.08. The number of halogens is 3. The maximum atomic E-state index is 13.4. The maximum Gasteiger partial charge on any atom is 0.127 e. The van der Waals surface area contributed by atoms with E-state index in [4.69, 9.17) is 27.9 Å². The highest BCUT2D eigenvalue weighted by Gasteiger charge is 2.07. The van der Waals surface area contributed by atoms with E-state index < -0.39 is 0 Å². The molecule has 0 bridgehead atoms. The summed E-state index contributed by atoms with van der Waals surface area (Å²) < 4.78 is 18.4. The zero-order valence-corrected chi connectivity index (χ0v) is 10.5. The monoisotopic (exact) mass is 270 g/mol. The first kappa shape index (κ1) is 12.2. The summed E-state index contributed by atoms with van der Waals surface area (Å²) in [6, 6.07) is 9.51. The second-order valence-corrected chi connectivity index (χ2v) is 4.35. The first-order chi connectivity index (χ1) is 8.10. The van der Waals surface area contributed by atoms with Gasteiger partial charge in [-0.3, -0.25) is 0 Å². The number of ether oxygens (including phenoxy) is 1. The number of hydrogen-bond donors (Lipinski definition) is 0. The van der Waals surface area contributed by atoms with Crippen molar-refractivity contribution in [1.29, 1.82) is 0 Å². The average Bonchev–Trinajstić information content (AvgIpc) is 2.28. The number of rotatable bonds is 2. The molecule has 2 aromatic rings. The minimum Gasteiger partial charge on any atom is -0.497 e. The summed E-state index contributed by atoms with van der Waals surface area (Å²) in [5.41, 5.74) is 1.37. The van der Waals surface area contributed by atoms with Crippen molar-refractivity contribution in [2.75, 3.05) is 7.11 Å². The molecule has 0 amide bonds. The van der Waals surface area contributed by atoms with Crippen LogP contribution >= 0.6 is 23.2 Å². The standard InChI is InChI=1S/C13H9Cl2FO/c1-17-11-5-8(4-10(16)7-11)12-3-2-9(14)6-13(12)15/h2-7H,1H3. The van der Waals surface area contributed by atoms with Crippen molar-refractivity contribution in [1.82, 2.24) is 0 Å². The lowest BCUT2D eigenvalue weighted by atomic mass is 10.1. The molecule has 0 heterocycles. The van der Waals surface area contributed by atoms with E-state index in [2.05, 4.69) is 0 Å². The summed E-state index contributed by atoms with van der Waals surface area (Å²) >= 11 is 11.9. The molecule has 0 spiro atoms. The molecule has 0 aromatic heterocycles. The van der Waals surface area contributed by atoms with Crippen LogP contribution in [0.2, 0.25) is 10.0 Å². The molecule has 0 N–H and O–H groups in total. The Morgan fingerprint density at radius 1 is 1.06 bits per heavy atom. The Labute approximate surface area is 109 Å². The molecule has 2 rings (SSSR count). The van der Waals surface area contributed by atoms with Crippen molar-refractivity contribution < 1.29 is 9.13 Å². The van der Waals surface area contributed by atoms with Gasteiger partial charge in [-0.15, -0.1) is 0 Å². The van der Waals surface area contributed by atoms with Gasteiger partial charge in [0, 0.05) is 21.7 Å². The molecule has 88 valence electrons. The number of benzene rings is 2. The molecule has 17 heavy (non-hydrogen) atoms. The molecule has 4 heteroatoms. The summed E-state index contributed by atoms with van der Waals surface area (Å²) in [5, 5.41) is 1.02. The molecule has 0 aliphatic rings. The summed E-state index contributed by atoms with van der Waals surface area (Å²) in [7, 11) is 1.49. The highest BCUT2D eigenvalue weighted by atomic mass is 35.5. The zero-order valence-electron chi connectivity index (χ0n) is 9.01. The maximum absolute atomic E-state index is 13.4. The van der Waals surface area contributed by atoms with Gasteiger partial charge in [-0.2, -0.15) is 0 Å². The minimum atomic E-state index is -0.370. The van der Waals surface area contributed by atoms with Crippen LogP contribution in [-0.4, -0.2) is 7.11 Å². The normalized spacial score (nSPS) is 10.4. The summed E-state index contributed by atoms with van der Waals surface area (Å²) in [5.74, 6) is 0.0800. The largest absolute Gasteiger partial charge is 0.497 e. The van der Waals surface area contributed by atoms with E-state index in [-0.39, 0.29) is 5.82 Å². The van der Waals surface area contributed by atoms with Gasteiger partial charge in [-0.1, -0.05) is 29.3 Å². The molecule has 0 aliphatic heterocycles. The Morgan fingerprint density at radius 3 is 2.47 bits per heavy atom. The molecule has 2 aromatic carbocycles. The fraction of sp³-hybridized carbons (Fsp3) is 0.0769.